The van der Waals surface area contributed by atoms with Crippen molar-refractivity contribution in [2.45, 2.75) is 18.6 Å². The van der Waals surface area contributed by atoms with Crippen LogP contribution in [-0.2, 0) is 16.1 Å². The van der Waals surface area contributed by atoms with Crippen LogP contribution < -0.4 is 5.56 Å². The van der Waals surface area contributed by atoms with E-state index in [1.54, 1.807) is 13.0 Å². The van der Waals surface area contributed by atoms with Crippen LogP contribution in [0, 0.1) is 18.3 Å². The maximum atomic E-state index is 12.0. The van der Waals surface area contributed by atoms with E-state index >= 15 is 0 Å². The van der Waals surface area contributed by atoms with Gasteiger partial charge in [0.15, 0.2) is 5.76 Å². The number of benzene rings is 1. The number of aromatic nitrogens is 2. The van der Waals surface area contributed by atoms with Gasteiger partial charge in [0.05, 0.1) is 16.3 Å². The van der Waals surface area contributed by atoms with Crippen LogP contribution in [0.4, 0.5) is 0 Å². The molecule has 2 aromatic heterocycles. The molecular weight excluding hydrogens is 366 g/mol. The molecule has 0 amide bonds. The van der Waals surface area contributed by atoms with E-state index in [0.717, 1.165) is 17.3 Å². The molecule has 27 heavy (non-hydrogen) atoms. The molecule has 1 aromatic carbocycles. The molecule has 0 fully saturated rings. The number of hydrogen-bond donors (Lipinski definition) is 1. The lowest BCUT2D eigenvalue weighted by atomic mass is 10.2. The van der Waals surface area contributed by atoms with Crippen LogP contribution in [0.25, 0.3) is 11.3 Å². The van der Waals surface area contributed by atoms with Crippen LogP contribution in [0.3, 0.4) is 0 Å². The quantitative estimate of drug-likeness (QED) is 0.516. The van der Waals surface area contributed by atoms with E-state index in [9.17, 15) is 14.9 Å². The van der Waals surface area contributed by atoms with Crippen molar-refractivity contribution in [3.8, 4) is 17.4 Å². The number of hydrogen-bond acceptors (Lipinski definition) is 7. The Morgan fingerprint density at radius 1 is 1.33 bits per heavy atom. The Balaban J connectivity index is 1.56. The number of nitrogens with one attached hydrogen (secondary N) is 1. The van der Waals surface area contributed by atoms with Gasteiger partial charge in [0.2, 0.25) is 5.56 Å². The zero-order valence-electron chi connectivity index (χ0n) is 14.4. The number of nitrogens with zero attached hydrogens (tertiary/aromatic N) is 2. The fourth-order valence-corrected chi connectivity index (χ4v) is 3.22. The summed E-state index contributed by atoms with van der Waals surface area (Å²) in [4.78, 5) is 26.1. The molecule has 8 heteroatoms. The van der Waals surface area contributed by atoms with Crippen molar-refractivity contribution >= 4 is 17.7 Å². The lowest BCUT2D eigenvalue weighted by Gasteiger charge is -2.06. The van der Waals surface area contributed by atoms with Gasteiger partial charge in [-0.25, -0.2) is 0 Å². The van der Waals surface area contributed by atoms with Gasteiger partial charge in [0.25, 0.3) is 0 Å². The summed E-state index contributed by atoms with van der Waals surface area (Å²) in [5.41, 5.74) is 1.96. The monoisotopic (exact) mass is 381 g/mol. The molecule has 0 aliphatic heterocycles. The third kappa shape index (κ3) is 4.65. The highest BCUT2D eigenvalue weighted by Gasteiger charge is 2.13. The molecule has 7 nitrogen and oxygen atoms in total. The number of thioether (sulfide) groups is 1. The number of pyridine rings is 1. The summed E-state index contributed by atoms with van der Waals surface area (Å²) >= 11 is 1.05. The van der Waals surface area contributed by atoms with Gasteiger partial charge < -0.3 is 14.2 Å². The number of aromatic amines is 1. The van der Waals surface area contributed by atoms with Gasteiger partial charge in [0.1, 0.15) is 18.4 Å². The normalized spacial score (nSPS) is 10.4. The molecule has 0 atom stereocenters. The van der Waals surface area contributed by atoms with E-state index in [2.05, 4.69) is 10.1 Å². The first kappa shape index (κ1) is 18.5. The standard InChI is InChI=1S/C19H15N3O4S/c1-12-7-17(23)21-19(15(12)9-20)27-11-18(24)25-10-14-8-16(26-22-14)13-5-3-2-4-6-13/h2-8H,10-11H2,1H3,(H,21,23). The van der Waals surface area contributed by atoms with Crippen molar-refractivity contribution < 1.29 is 14.1 Å². The lowest BCUT2D eigenvalue weighted by molar-refractivity contribution is -0.141. The third-order valence-corrected chi connectivity index (χ3v) is 4.63. The molecule has 0 radical (unpaired) electrons. The third-order valence-electron chi connectivity index (χ3n) is 3.65. The first-order chi connectivity index (χ1) is 13.1. The fraction of sp³-hybridized carbons (Fsp3) is 0.158. The zero-order valence-corrected chi connectivity index (χ0v) is 15.2. The van der Waals surface area contributed by atoms with Gasteiger partial charge in [-0.3, -0.25) is 9.59 Å². The second-order valence-electron chi connectivity index (χ2n) is 5.63. The zero-order chi connectivity index (χ0) is 19.2. The number of carbonyl (C=O) groups excluding carboxylic acids is 1. The molecule has 0 saturated carbocycles. The van der Waals surface area contributed by atoms with Crippen LogP contribution >= 0.6 is 11.8 Å². The predicted octanol–water partition coefficient (Wildman–Crippen LogP) is 3.05. The first-order valence-electron chi connectivity index (χ1n) is 8.00. The number of carbonyl (C=O) groups is 1. The van der Waals surface area contributed by atoms with Crippen LogP contribution in [0.2, 0.25) is 0 Å². The summed E-state index contributed by atoms with van der Waals surface area (Å²) in [6.45, 7) is 1.65. The Labute approximate surface area is 159 Å². The van der Waals surface area contributed by atoms with E-state index in [0.29, 0.717) is 27.6 Å². The van der Waals surface area contributed by atoms with E-state index in [1.807, 2.05) is 36.4 Å². The maximum absolute atomic E-state index is 12.0. The SMILES string of the molecule is Cc1cc(=O)[nH]c(SCC(=O)OCc2cc(-c3ccccc3)on2)c1C#N. The van der Waals surface area contributed by atoms with E-state index < -0.39 is 5.97 Å². The Kier molecular flexibility index (Phi) is 5.74. The average Bonchev–Trinajstić information content (AvgIpc) is 3.14. The summed E-state index contributed by atoms with van der Waals surface area (Å²) in [7, 11) is 0. The number of rotatable bonds is 6. The van der Waals surface area contributed by atoms with E-state index in [4.69, 9.17) is 9.26 Å². The highest BCUT2D eigenvalue weighted by atomic mass is 32.2. The van der Waals surface area contributed by atoms with Crippen LogP contribution in [0.5, 0.6) is 0 Å². The Morgan fingerprint density at radius 3 is 2.85 bits per heavy atom. The molecule has 2 heterocycles. The second kappa shape index (κ2) is 8.38. The van der Waals surface area contributed by atoms with E-state index in [-0.39, 0.29) is 17.9 Å². The van der Waals surface area contributed by atoms with Gasteiger partial charge in [-0.15, -0.1) is 0 Å². The summed E-state index contributed by atoms with van der Waals surface area (Å²) in [5.74, 6) is 0.0554. The predicted molar refractivity (Wildman–Crippen MR) is 99.0 cm³/mol. The molecule has 0 spiro atoms. The first-order valence-corrected chi connectivity index (χ1v) is 8.99. The molecule has 3 aromatic rings. The minimum Gasteiger partial charge on any atom is -0.458 e. The molecule has 0 aliphatic rings. The number of nitriles is 1. The van der Waals surface area contributed by atoms with Gasteiger partial charge >= 0.3 is 5.97 Å². The molecule has 0 bridgehead atoms. The van der Waals surface area contributed by atoms with Crippen molar-refractivity contribution in [3.63, 3.8) is 0 Å². The summed E-state index contributed by atoms with van der Waals surface area (Å²) < 4.78 is 10.4. The van der Waals surface area contributed by atoms with Crippen molar-refractivity contribution in [2.24, 2.45) is 0 Å². The Hall–Kier alpha value is -3.31. The van der Waals surface area contributed by atoms with Crippen LogP contribution in [0.1, 0.15) is 16.8 Å². The molecule has 3 rings (SSSR count). The minimum absolute atomic E-state index is 0.0226. The molecule has 0 saturated heterocycles. The highest BCUT2D eigenvalue weighted by molar-refractivity contribution is 7.99. The minimum atomic E-state index is -0.490. The van der Waals surface area contributed by atoms with Gasteiger partial charge in [-0.2, -0.15) is 5.26 Å². The number of aryl methyl sites for hydroxylation is 1. The van der Waals surface area contributed by atoms with Crippen molar-refractivity contribution in [1.82, 2.24) is 10.1 Å². The number of ether oxygens (including phenoxy) is 1. The molecule has 0 unspecified atom stereocenters. The topological polar surface area (TPSA) is 109 Å². The molecule has 1 N–H and O–H groups in total. The molecule has 136 valence electrons. The van der Waals surface area contributed by atoms with Crippen molar-refractivity contribution in [1.29, 1.82) is 5.26 Å². The largest absolute Gasteiger partial charge is 0.458 e. The number of H-pyrrole nitrogens is 1. The van der Waals surface area contributed by atoms with Crippen molar-refractivity contribution in [3.05, 3.63) is 69.6 Å². The van der Waals surface area contributed by atoms with Crippen molar-refractivity contribution in [2.75, 3.05) is 5.75 Å². The Morgan fingerprint density at radius 2 is 2.11 bits per heavy atom. The smallest absolute Gasteiger partial charge is 0.316 e. The van der Waals surface area contributed by atoms with Gasteiger partial charge in [0, 0.05) is 17.7 Å². The van der Waals surface area contributed by atoms with Gasteiger partial charge in [-0.1, -0.05) is 47.3 Å². The second-order valence-corrected chi connectivity index (χ2v) is 6.62. The maximum Gasteiger partial charge on any atom is 0.316 e. The average molecular weight is 381 g/mol. The molecule has 0 aliphatic carbocycles. The van der Waals surface area contributed by atoms with Crippen LogP contribution in [-0.4, -0.2) is 21.9 Å². The highest BCUT2D eigenvalue weighted by Crippen LogP contribution is 2.22. The molecular formula is C19H15N3O4S. The summed E-state index contributed by atoms with van der Waals surface area (Å²) in [6, 6.07) is 14.5. The van der Waals surface area contributed by atoms with Crippen LogP contribution in [0.15, 0.2) is 56.8 Å². The van der Waals surface area contributed by atoms with E-state index in [1.165, 1.54) is 6.07 Å². The summed E-state index contributed by atoms with van der Waals surface area (Å²) in [6.07, 6.45) is 0. The lowest BCUT2D eigenvalue weighted by Crippen LogP contribution is -2.11. The number of esters is 1. The fourth-order valence-electron chi connectivity index (χ4n) is 2.35. The Bertz CT molecular complexity index is 1050. The van der Waals surface area contributed by atoms with Gasteiger partial charge in [-0.05, 0) is 12.5 Å². The summed E-state index contributed by atoms with van der Waals surface area (Å²) in [5, 5.41) is 13.4.